The van der Waals surface area contributed by atoms with Gasteiger partial charge in [-0.2, -0.15) is 5.26 Å². The molecule has 3 rings (SSSR count). The molecular formula is C20H18BrNO4S. The Hall–Kier alpha value is -2.17. The topological polar surface area (TPSA) is 84.2 Å². The molecule has 0 aliphatic heterocycles. The monoisotopic (exact) mass is 447 g/mol. The molecule has 140 valence electrons. The zero-order chi connectivity index (χ0) is 19.8. The van der Waals surface area contributed by atoms with E-state index >= 15 is 0 Å². The number of benzene rings is 2. The summed E-state index contributed by atoms with van der Waals surface area (Å²) in [5.41, 5.74) is -0.201. The third kappa shape index (κ3) is 3.17. The second-order valence-electron chi connectivity index (χ2n) is 6.51. The third-order valence-electron chi connectivity index (χ3n) is 4.84. The van der Waals surface area contributed by atoms with Crippen LogP contribution < -0.4 is 0 Å². The van der Waals surface area contributed by atoms with Crippen LogP contribution in [0, 0.1) is 23.7 Å². The van der Waals surface area contributed by atoms with Gasteiger partial charge < -0.3 is 4.74 Å². The summed E-state index contributed by atoms with van der Waals surface area (Å²) in [5.74, 6) is -1.57. The van der Waals surface area contributed by atoms with E-state index in [1.165, 1.54) is 12.1 Å². The highest BCUT2D eigenvalue weighted by Crippen LogP contribution is 2.64. The molecule has 2 aromatic rings. The standard InChI is InChI=1S/C20H18BrNO4S/c1-3-26-19(23)20(12-22)17(14-6-8-15(21)9-7-14)18(20)27(24,25)16-10-4-13(2)5-11-16/h4-11,17-18H,3H2,1-2H3/t17-,18+,20+/m1/s1. The van der Waals surface area contributed by atoms with Crippen LogP contribution in [0.15, 0.2) is 57.9 Å². The number of halogens is 1. The van der Waals surface area contributed by atoms with Crippen LogP contribution in [0.2, 0.25) is 0 Å². The molecule has 0 N–H and O–H groups in total. The Kier molecular flexibility index (Phi) is 5.15. The van der Waals surface area contributed by atoms with Crippen molar-refractivity contribution in [3.05, 3.63) is 64.1 Å². The number of ether oxygens (including phenoxy) is 1. The number of esters is 1. The highest BCUT2D eigenvalue weighted by molar-refractivity contribution is 9.10. The number of sulfone groups is 1. The van der Waals surface area contributed by atoms with E-state index in [1.54, 1.807) is 43.3 Å². The lowest BCUT2D eigenvalue weighted by Crippen LogP contribution is -2.25. The van der Waals surface area contributed by atoms with E-state index in [2.05, 4.69) is 15.9 Å². The van der Waals surface area contributed by atoms with Crippen LogP contribution in [0.5, 0.6) is 0 Å². The molecule has 5 nitrogen and oxygen atoms in total. The molecule has 0 saturated heterocycles. The van der Waals surface area contributed by atoms with Gasteiger partial charge in [0.15, 0.2) is 15.3 Å². The number of aryl methyl sites for hydroxylation is 1. The van der Waals surface area contributed by atoms with Gasteiger partial charge >= 0.3 is 5.97 Å². The van der Waals surface area contributed by atoms with E-state index in [-0.39, 0.29) is 11.5 Å². The largest absolute Gasteiger partial charge is 0.465 e. The molecule has 27 heavy (non-hydrogen) atoms. The second kappa shape index (κ2) is 7.10. The van der Waals surface area contributed by atoms with E-state index < -0.39 is 32.4 Å². The van der Waals surface area contributed by atoms with Crippen molar-refractivity contribution in [1.29, 1.82) is 5.26 Å². The molecule has 2 aromatic carbocycles. The van der Waals surface area contributed by atoms with Crippen LogP contribution in [0.1, 0.15) is 24.0 Å². The highest BCUT2D eigenvalue weighted by Gasteiger charge is 2.77. The van der Waals surface area contributed by atoms with Crippen molar-refractivity contribution in [2.45, 2.75) is 29.9 Å². The summed E-state index contributed by atoms with van der Waals surface area (Å²) in [5, 5.41) is 8.66. The van der Waals surface area contributed by atoms with Gasteiger partial charge in [-0.15, -0.1) is 0 Å². The summed E-state index contributed by atoms with van der Waals surface area (Å²) in [6.07, 6.45) is 0. The van der Waals surface area contributed by atoms with Crippen LogP contribution >= 0.6 is 15.9 Å². The Morgan fingerprint density at radius 2 is 1.78 bits per heavy atom. The lowest BCUT2D eigenvalue weighted by atomic mass is 10.0. The molecule has 3 atom stereocenters. The third-order valence-corrected chi connectivity index (χ3v) is 7.61. The van der Waals surface area contributed by atoms with Gasteiger partial charge in [0.2, 0.25) is 0 Å². The zero-order valence-electron chi connectivity index (χ0n) is 14.8. The van der Waals surface area contributed by atoms with Crippen molar-refractivity contribution >= 4 is 31.7 Å². The minimum absolute atomic E-state index is 0.0760. The van der Waals surface area contributed by atoms with E-state index in [0.717, 1.165) is 10.0 Å². The molecule has 1 fully saturated rings. The second-order valence-corrected chi connectivity index (χ2v) is 9.49. The molecule has 0 aromatic heterocycles. The molecule has 1 saturated carbocycles. The normalized spacial score (nSPS) is 24.1. The predicted octanol–water partition coefficient (Wildman–Crippen LogP) is 3.77. The molecule has 0 heterocycles. The first kappa shape index (κ1) is 19.6. The minimum atomic E-state index is -3.91. The molecule has 0 amide bonds. The van der Waals surface area contributed by atoms with Gasteiger partial charge in [0.05, 0.1) is 17.6 Å². The van der Waals surface area contributed by atoms with E-state index in [1.807, 2.05) is 13.0 Å². The summed E-state index contributed by atoms with van der Waals surface area (Å²) in [6.45, 7) is 3.56. The van der Waals surface area contributed by atoms with Gasteiger partial charge in [-0.3, -0.25) is 4.79 Å². The number of hydrogen-bond acceptors (Lipinski definition) is 5. The quantitative estimate of drug-likeness (QED) is 0.651. The summed E-state index contributed by atoms with van der Waals surface area (Å²) in [7, 11) is -3.91. The van der Waals surface area contributed by atoms with E-state index in [0.29, 0.717) is 5.56 Å². The van der Waals surface area contributed by atoms with Crippen molar-refractivity contribution in [3.8, 4) is 6.07 Å². The summed E-state index contributed by atoms with van der Waals surface area (Å²) < 4.78 is 32.4. The summed E-state index contributed by atoms with van der Waals surface area (Å²) >= 11 is 3.34. The number of nitriles is 1. The molecule has 0 spiro atoms. The maximum absolute atomic E-state index is 13.3. The maximum Gasteiger partial charge on any atom is 0.328 e. The van der Waals surface area contributed by atoms with Gasteiger partial charge in [0.25, 0.3) is 0 Å². The molecule has 1 aliphatic rings. The Morgan fingerprint density at radius 3 is 2.30 bits per heavy atom. The fourth-order valence-electron chi connectivity index (χ4n) is 3.43. The smallest absolute Gasteiger partial charge is 0.328 e. The van der Waals surface area contributed by atoms with Crippen molar-refractivity contribution in [1.82, 2.24) is 0 Å². The number of rotatable bonds is 5. The fraction of sp³-hybridized carbons (Fsp3) is 0.300. The molecule has 0 unspecified atom stereocenters. The Morgan fingerprint density at radius 1 is 1.19 bits per heavy atom. The van der Waals surface area contributed by atoms with Crippen LogP contribution in [0.4, 0.5) is 0 Å². The molecule has 1 aliphatic carbocycles. The van der Waals surface area contributed by atoms with Gasteiger partial charge in [-0.1, -0.05) is 45.8 Å². The summed E-state index contributed by atoms with van der Waals surface area (Å²) in [4.78, 5) is 12.7. The SMILES string of the molecule is CCOC(=O)[C@@]1(C#N)[C@H](c2ccc(Br)cc2)[C@@H]1S(=O)(=O)c1ccc(C)cc1. The number of nitrogens with zero attached hydrogens (tertiary/aromatic N) is 1. The van der Waals surface area contributed by atoms with Crippen LogP contribution in [-0.2, 0) is 19.4 Å². The van der Waals surface area contributed by atoms with Gasteiger partial charge in [-0.05, 0) is 43.7 Å². The van der Waals surface area contributed by atoms with Gasteiger partial charge in [-0.25, -0.2) is 8.42 Å². The zero-order valence-corrected chi connectivity index (χ0v) is 17.2. The lowest BCUT2D eigenvalue weighted by Gasteiger charge is -2.09. The minimum Gasteiger partial charge on any atom is -0.465 e. The predicted molar refractivity (Wildman–Crippen MR) is 104 cm³/mol. The van der Waals surface area contributed by atoms with Crippen molar-refractivity contribution in [2.75, 3.05) is 6.61 Å². The Labute approximate surface area is 167 Å². The molecule has 0 radical (unpaired) electrons. The van der Waals surface area contributed by atoms with Crippen LogP contribution in [-0.4, -0.2) is 26.2 Å². The van der Waals surface area contributed by atoms with Gasteiger partial charge in [0, 0.05) is 10.4 Å². The number of hydrogen-bond donors (Lipinski definition) is 0. The molecule has 7 heteroatoms. The Balaban J connectivity index is 2.12. The maximum atomic E-state index is 13.3. The average Bonchev–Trinajstić information content (AvgIpc) is 3.34. The number of carbonyl (C=O) groups excluding carboxylic acids is 1. The number of carbonyl (C=O) groups is 1. The highest BCUT2D eigenvalue weighted by atomic mass is 79.9. The summed E-state index contributed by atoms with van der Waals surface area (Å²) in [6, 6.07) is 15.4. The first-order valence-corrected chi connectivity index (χ1v) is 10.8. The van der Waals surface area contributed by atoms with Gasteiger partial charge in [0.1, 0.15) is 5.25 Å². The van der Waals surface area contributed by atoms with E-state index in [4.69, 9.17) is 4.74 Å². The fourth-order valence-corrected chi connectivity index (χ4v) is 5.94. The van der Waals surface area contributed by atoms with Crippen LogP contribution in [0.3, 0.4) is 0 Å². The van der Waals surface area contributed by atoms with E-state index in [9.17, 15) is 18.5 Å². The first-order valence-electron chi connectivity index (χ1n) is 8.43. The lowest BCUT2D eigenvalue weighted by molar-refractivity contribution is -0.147. The molecule has 0 bridgehead atoms. The Bertz CT molecular complexity index is 1010. The van der Waals surface area contributed by atoms with Crippen molar-refractivity contribution in [2.24, 2.45) is 5.41 Å². The molecular weight excluding hydrogens is 430 g/mol. The average molecular weight is 448 g/mol. The van der Waals surface area contributed by atoms with Crippen molar-refractivity contribution in [3.63, 3.8) is 0 Å². The van der Waals surface area contributed by atoms with Crippen molar-refractivity contribution < 1.29 is 17.9 Å². The van der Waals surface area contributed by atoms with Crippen LogP contribution in [0.25, 0.3) is 0 Å². The first-order chi connectivity index (χ1) is 12.8.